The van der Waals surface area contributed by atoms with Gasteiger partial charge < -0.3 is 9.80 Å². The molecule has 0 radical (unpaired) electrons. The molecular weight excluding hydrogens is 324 g/mol. The normalized spacial score (nSPS) is 19.3. The van der Waals surface area contributed by atoms with Gasteiger partial charge in [0.15, 0.2) is 0 Å². The van der Waals surface area contributed by atoms with Crippen LogP contribution in [-0.4, -0.2) is 48.8 Å². The number of nitrogens with zero attached hydrogens (tertiary/aromatic N) is 2. The van der Waals surface area contributed by atoms with Gasteiger partial charge in [-0.05, 0) is 38.5 Å². The number of hydrogen-bond acceptors (Lipinski definition) is 2. The molecule has 2 aliphatic carbocycles. The number of unbranched alkanes of at least 4 members (excludes halogenated alkanes) is 3. The van der Waals surface area contributed by atoms with Crippen molar-refractivity contribution in [2.24, 2.45) is 11.8 Å². The topological polar surface area (TPSA) is 40.6 Å². The molecule has 0 atom stereocenters. The van der Waals surface area contributed by atoms with Crippen LogP contribution < -0.4 is 0 Å². The third-order valence-electron chi connectivity index (χ3n) is 6.40. The van der Waals surface area contributed by atoms with Crippen molar-refractivity contribution in [3.05, 3.63) is 0 Å². The van der Waals surface area contributed by atoms with Crippen LogP contribution in [0, 0.1) is 11.8 Å². The van der Waals surface area contributed by atoms with Crippen molar-refractivity contribution in [2.75, 3.05) is 27.2 Å². The maximum Gasteiger partial charge on any atom is 0.225 e. The molecule has 2 saturated carbocycles. The highest BCUT2D eigenvalue weighted by atomic mass is 16.2. The lowest BCUT2D eigenvalue weighted by molar-refractivity contribution is -0.136. The monoisotopic (exact) mass is 364 g/mol. The van der Waals surface area contributed by atoms with Gasteiger partial charge >= 0.3 is 0 Å². The summed E-state index contributed by atoms with van der Waals surface area (Å²) in [5.74, 6) is 1.30. The average molecular weight is 365 g/mol. The Hall–Kier alpha value is -1.06. The molecule has 2 rings (SSSR count). The number of carbonyl (C=O) groups is 2. The van der Waals surface area contributed by atoms with E-state index >= 15 is 0 Å². The molecule has 4 heteroatoms. The van der Waals surface area contributed by atoms with Gasteiger partial charge in [0.05, 0.1) is 0 Å². The van der Waals surface area contributed by atoms with E-state index in [1.54, 1.807) is 0 Å². The molecule has 0 heterocycles. The molecule has 0 aromatic rings. The molecule has 0 aliphatic heterocycles. The van der Waals surface area contributed by atoms with Crippen LogP contribution >= 0.6 is 0 Å². The van der Waals surface area contributed by atoms with Crippen LogP contribution in [0.5, 0.6) is 0 Å². The third-order valence-corrected chi connectivity index (χ3v) is 6.40. The van der Waals surface area contributed by atoms with Crippen molar-refractivity contribution in [2.45, 2.75) is 89.9 Å². The maximum absolute atomic E-state index is 12.4. The summed E-state index contributed by atoms with van der Waals surface area (Å²) in [5, 5.41) is 0. The van der Waals surface area contributed by atoms with E-state index < -0.39 is 0 Å². The van der Waals surface area contributed by atoms with E-state index in [1.807, 2.05) is 23.9 Å². The fourth-order valence-electron chi connectivity index (χ4n) is 4.59. The fraction of sp³-hybridized carbons (Fsp3) is 0.909. The van der Waals surface area contributed by atoms with Crippen molar-refractivity contribution in [1.82, 2.24) is 9.80 Å². The number of hydrogen-bond donors (Lipinski definition) is 0. The van der Waals surface area contributed by atoms with E-state index in [-0.39, 0.29) is 11.8 Å². The lowest BCUT2D eigenvalue weighted by Gasteiger charge is -2.27. The number of amides is 2. The van der Waals surface area contributed by atoms with Crippen LogP contribution in [0.4, 0.5) is 0 Å². The Kier molecular flexibility index (Phi) is 9.49. The van der Waals surface area contributed by atoms with Gasteiger partial charge in [0.1, 0.15) is 0 Å². The predicted molar refractivity (Wildman–Crippen MR) is 107 cm³/mol. The summed E-state index contributed by atoms with van der Waals surface area (Å²) in [6.07, 6.45) is 16.3. The minimum absolute atomic E-state index is 0.285. The van der Waals surface area contributed by atoms with E-state index in [1.165, 1.54) is 38.5 Å². The third kappa shape index (κ3) is 6.92. The summed E-state index contributed by atoms with van der Waals surface area (Å²) < 4.78 is 0. The first-order valence-electron chi connectivity index (χ1n) is 11.1. The Bertz CT molecular complexity index is 386. The highest BCUT2D eigenvalue weighted by Gasteiger charge is 2.24. The molecule has 0 bridgehead atoms. The van der Waals surface area contributed by atoms with Crippen LogP contribution in [0.2, 0.25) is 0 Å². The van der Waals surface area contributed by atoms with E-state index in [0.717, 1.165) is 64.5 Å². The van der Waals surface area contributed by atoms with Crippen LogP contribution in [0.1, 0.15) is 89.9 Å². The van der Waals surface area contributed by atoms with Gasteiger partial charge in [0.25, 0.3) is 0 Å². The van der Waals surface area contributed by atoms with E-state index in [4.69, 9.17) is 0 Å². The molecule has 0 N–H and O–H groups in total. The molecule has 2 fully saturated rings. The molecule has 0 aromatic heterocycles. The second-order valence-electron chi connectivity index (χ2n) is 8.60. The Balaban J connectivity index is 1.51. The zero-order valence-electron chi connectivity index (χ0n) is 17.2. The van der Waals surface area contributed by atoms with Gasteiger partial charge in [-0.2, -0.15) is 0 Å². The maximum atomic E-state index is 12.4. The Morgan fingerprint density at radius 2 is 0.962 bits per heavy atom. The highest BCUT2D eigenvalue weighted by Crippen LogP contribution is 2.26. The van der Waals surface area contributed by atoms with Gasteiger partial charge in [-0.15, -0.1) is 0 Å². The van der Waals surface area contributed by atoms with Crippen LogP contribution in [0.25, 0.3) is 0 Å². The summed E-state index contributed by atoms with van der Waals surface area (Å²) in [6.45, 7) is 1.76. The van der Waals surface area contributed by atoms with Gasteiger partial charge in [-0.3, -0.25) is 9.59 Å². The smallest absolute Gasteiger partial charge is 0.225 e. The highest BCUT2D eigenvalue weighted by molar-refractivity contribution is 5.79. The summed E-state index contributed by atoms with van der Waals surface area (Å²) >= 11 is 0. The van der Waals surface area contributed by atoms with Crippen molar-refractivity contribution in [1.29, 1.82) is 0 Å². The first-order chi connectivity index (χ1) is 12.6. The summed E-state index contributed by atoms with van der Waals surface area (Å²) in [7, 11) is 3.93. The van der Waals surface area contributed by atoms with Crippen LogP contribution in [0.3, 0.4) is 0 Å². The molecule has 150 valence electrons. The van der Waals surface area contributed by atoms with Crippen molar-refractivity contribution in [3.8, 4) is 0 Å². The Morgan fingerprint density at radius 3 is 1.31 bits per heavy atom. The van der Waals surface area contributed by atoms with Crippen molar-refractivity contribution < 1.29 is 9.59 Å². The van der Waals surface area contributed by atoms with Crippen molar-refractivity contribution in [3.63, 3.8) is 0 Å². The largest absolute Gasteiger partial charge is 0.346 e. The average Bonchev–Trinajstić information content (AvgIpc) is 2.70. The summed E-state index contributed by atoms with van der Waals surface area (Å²) in [6, 6.07) is 0. The molecule has 0 aromatic carbocycles. The summed E-state index contributed by atoms with van der Waals surface area (Å²) in [4.78, 5) is 28.7. The first kappa shape index (κ1) is 21.2. The summed E-state index contributed by atoms with van der Waals surface area (Å²) in [5.41, 5.74) is 0. The standard InChI is InChI=1S/C22H40N2O2/c1-23(21(25)19-13-7-5-8-14-19)17-11-3-4-12-18-24(2)22(26)20-15-9-6-10-16-20/h19-20H,3-18H2,1-2H3. The molecule has 26 heavy (non-hydrogen) atoms. The quantitative estimate of drug-likeness (QED) is 0.560. The first-order valence-corrected chi connectivity index (χ1v) is 11.1. The molecule has 0 saturated heterocycles. The zero-order valence-corrected chi connectivity index (χ0v) is 17.2. The molecule has 0 spiro atoms. The lowest BCUT2D eigenvalue weighted by Crippen LogP contribution is -2.35. The van der Waals surface area contributed by atoms with Crippen molar-refractivity contribution >= 4 is 11.8 Å². The second kappa shape index (κ2) is 11.6. The Labute approximate surface area is 160 Å². The fourth-order valence-corrected chi connectivity index (χ4v) is 4.59. The van der Waals surface area contributed by atoms with E-state index in [0.29, 0.717) is 11.8 Å². The van der Waals surface area contributed by atoms with Crippen LogP contribution in [0.15, 0.2) is 0 Å². The lowest BCUT2D eigenvalue weighted by atomic mass is 9.88. The van der Waals surface area contributed by atoms with E-state index in [9.17, 15) is 9.59 Å². The minimum atomic E-state index is 0.285. The molecule has 4 nitrogen and oxygen atoms in total. The Morgan fingerprint density at radius 1 is 0.615 bits per heavy atom. The zero-order chi connectivity index (χ0) is 18.8. The van der Waals surface area contributed by atoms with Gasteiger partial charge in [0, 0.05) is 39.0 Å². The molecule has 2 aliphatic rings. The minimum Gasteiger partial charge on any atom is -0.346 e. The predicted octanol–water partition coefficient (Wildman–Crippen LogP) is 4.62. The van der Waals surface area contributed by atoms with E-state index in [2.05, 4.69) is 0 Å². The molecular formula is C22H40N2O2. The van der Waals surface area contributed by atoms with Crippen LogP contribution in [-0.2, 0) is 9.59 Å². The molecule has 2 amide bonds. The molecule has 0 unspecified atom stereocenters. The number of carbonyl (C=O) groups excluding carboxylic acids is 2. The SMILES string of the molecule is CN(CCCCCCN(C)C(=O)C1CCCCC1)C(=O)C1CCCCC1. The van der Waals surface area contributed by atoms with Gasteiger partial charge in [-0.1, -0.05) is 51.4 Å². The van der Waals surface area contributed by atoms with Gasteiger partial charge in [-0.25, -0.2) is 0 Å². The number of rotatable bonds is 9. The van der Waals surface area contributed by atoms with Gasteiger partial charge in [0.2, 0.25) is 11.8 Å². The second-order valence-corrected chi connectivity index (χ2v) is 8.60.